The van der Waals surface area contributed by atoms with Crippen LogP contribution in [0, 0.1) is 5.82 Å². The molecule has 0 amide bonds. The Kier molecular flexibility index (Phi) is 4.04. The van der Waals surface area contributed by atoms with Crippen LogP contribution in [-0.2, 0) is 6.42 Å². The minimum atomic E-state index is -0.873. The fourth-order valence-corrected chi connectivity index (χ4v) is 3.13. The highest BCUT2D eigenvalue weighted by Crippen LogP contribution is 2.29. The maximum Gasteiger partial charge on any atom is 0.130 e. The smallest absolute Gasteiger partial charge is 0.130 e. The van der Waals surface area contributed by atoms with Crippen molar-refractivity contribution >= 4 is 26.7 Å². The van der Waals surface area contributed by atoms with E-state index in [9.17, 15) is 9.50 Å². The summed E-state index contributed by atoms with van der Waals surface area (Å²) in [5.74, 6) is -0.391. The van der Waals surface area contributed by atoms with Gasteiger partial charge in [-0.15, -0.1) is 0 Å². The second kappa shape index (κ2) is 5.96. The van der Waals surface area contributed by atoms with Gasteiger partial charge in [0.1, 0.15) is 5.82 Å². The quantitative estimate of drug-likeness (QED) is 0.707. The number of hydrogen-bond acceptors (Lipinski definition) is 1. The summed E-state index contributed by atoms with van der Waals surface area (Å²) in [4.78, 5) is 0. The van der Waals surface area contributed by atoms with Crippen LogP contribution in [0.15, 0.2) is 65.1 Å². The van der Waals surface area contributed by atoms with Crippen molar-refractivity contribution in [1.29, 1.82) is 0 Å². The fourth-order valence-electron chi connectivity index (χ4n) is 2.52. The Morgan fingerprint density at radius 1 is 0.952 bits per heavy atom. The van der Waals surface area contributed by atoms with Crippen molar-refractivity contribution < 1.29 is 9.50 Å². The SMILES string of the molecule is OC(Cc1ccc2ccccc2c1)c1c(F)cccc1Br. The third-order valence-corrected chi connectivity index (χ3v) is 4.27. The van der Waals surface area contributed by atoms with Crippen LogP contribution in [0.2, 0.25) is 0 Å². The molecular weight excluding hydrogens is 331 g/mol. The molecule has 1 nitrogen and oxygen atoms in total. The molecule has 106 valence electrons. The zero-order chi connectivity index (χ0) is 14.8. The summed E-state index contributed by atoms with van der Waals surface area (Å²) in [6.07, 6.45) is -0.494. The van der Waals surface area contributed by atoms with Gasteiger partial charge in [-0.3, -0.25) is 0 Å². The van der Waals surface area contributed by atoms with E-state index in [1.807, 2.05) is 42.5 Å². The third kappa shape index (κ3) is 2.99. The van der Waals surface area contributed by atoms with Gasteiger partial charge in [0.25, 0.3) is 0 Å². The van der Waals surface area contributed by atoms with Crippen LogP contribution >= 0.6 is 15.9 Å². The van der Waals surface area contributed by atoms with Gasteiger partial charge in [-0.2, -0.15) is 0 Å². The van der Waals surface area contributed by atoms with E-state index in [0.717, 1.165) is 16.3 Å². The first-order chi connectivity index (χ1) is 10.1. The standard InChI is InChI=1S/C18H14BrFO/c19-15-6-3-7-16(20)18(15)17(21)11-12-8-9-13-4-1-2-5-14(13)10-12/h1-10,17,21H,11H2. The zero-order valence-electron chi connectivity index (χ0n) is 11.3. The summed E-state index contributed by atoms with van der Waals surface area (Å²) in [5.41, 5.74) is 1.29. The van der Waals surface area contributed by atoms with E-state index in [0.29, 0.717) is 16.5 Å². The molecule has 0 bridgehead atoms. The molecule has 0 aliphatic heterocycles. The summed E-state index contributed by atoms with van der Waals surface area (Å²) in [6, 6.07) is 18.8. The molecule has 0 aromatic heterocycles. The molecule has 0 aliphatic carbocycles. The second-order valence-corrected chi connectivity index (χ2v) is 5.89. The van der Waals surface area contributed by atoms with E-state index in [-0.39, 0.29) is 0 Å². The molecule has 3 rings (SSSR count). The monoisotopic (exact) mass is 344 g/mol. The summed E-state index contributed by atoms with van der Waals surface area (Å²) >= 11 is 3.30. The predicted molar refractivity (Wildman–Crippen MR) is 86.7 cm³/mol. The van der Waals surface area contributed by atoms with Crippen molar-refractivity contribution in [3.8, 4) is 0 Å². The van der Waals surface area contributed by atoms with E-state index >= 15 is 0 Å². The normalized spacial score (nSPS) is 12.5. The van der Waals surface area contributed by atoms with Crippen LogP contribution in [0.1, 0.15) is 17.2 Å². The Hall–Kier alpha value is -1.71. The summed E-state index contributed by atoms with van der Waals surface area (Å²) < 4.78 is 14.5. The number of fused-ring (bicyclic) bond motifs is 1. The average molecular weight is 345 g/mol. The Bertz CT molecular complexity index is 765. The molecule has 0 fully saturated rings. The van der Waals surface area contributed by atoms with E-state index in [1.54, 1.807) is 12.1 Å². The first-order valence-electron chi connectivity index (χ1n) is 6.75. The molecule has 0 saturated heterocycles. The number of halogens is 2. The molecule has 21 heavy (non-hydrogen) atoms. The maximum atomic E-state index is 13.9. The molecular formula is C18H14BrFO. The van der Waals surface area contributed by atoms with Crippen molar-refractivity contribution in [3.05, 3.63) is 82.1 Å². The van der Waals surface area contributed by atoms with Crippen LogP contribution < -0.4 is 0 Å². The number of rotatable bonds is 3. The molecule has 0 spiro atoms. The van der Waals surface area contributed by atoms with Gasteiger partial charge in [0.05, 0.1) is 6.10 Å². The number of benzene rings is 3. The van der Waals surface area contributed by atoms with Crippen LogP contribution in [0.3, 0.4) is 0 Å². The van der Waals surface area contributed by atoms with Gasteiger partial charge in [0.15, 0.2) is 0 Å². The highest BCUT2D eigenvalue weighted by atomic mass is 79.9. The third-order valence-electron chi connectivity index (χ3n) is 3.58. The molecule has 0 heterocycles. The van der Waals surface area contributed by atoms with Gasteiger partial charge >= 0.3 is 0 Å². The first-order valence-corrected chi connectivity index (χ1v) is 7.54. The van der Waals surface area contributed by atoms with Crippen molar-refractivity contribution in [2.75, 3.05) is 0 Å². The van der Waals surface area contributed by atoms with Crippen molar-refractivity contribution in [2.45, 2.75) is 12.5 Å². The van der Waals surface area contributed by atoms with Crippen molar-refractivity contribution in [3.63, 3.8) is 0 Å². The lowest BCUT2D eigenvalue weighted by molar-refractivity contribution is 0.173. The lowest BCUT2D eigenvalue weighted by atomic mass is 9.99. The molecule has 3 aromatic carbocycles. The Morgan fingerprint density at radius 2 is 1.71 bits per heavy atom. The molecule has 1 unspecified atom stereocenters. The van der Waals surface area contributed by atoms with Crippen molar-refractivity contribution in [1.82, 2.24) is 0 Å². The minimum absolute atomic E-state index is 0.311. The Labute approximate surface area is 131 Å². The Morgan fingerprint density at radius 3 is 2.48 bits per heavy atom. The molecule has 1 N–H and O–H groups in total. The van der Waals surface area contributed by atoms with Crippen molar-refractivity contribution in [2.24, 2.45) is 0 Å². The summed E-state index contributed by atoms with van der Waals surface area (Å²) in [7, 11) is 0. The van der Waals surface area contributed by atoms with Gasteiger partial charge in [-0.25, -0.2) is 4.39 Å². The largest absolute Gasteiger partial charge is 0.388 e. The molecule has 0 radical (unpaired) electrons. The second-order valence-electron chi connectivity index (χ2n) is 5.04. The van der Waals surface area contributed by atoms with E-state index in [1.165, 1.54) is 6.07 Å². The lowest BCUT2D eigenvalue weighted by Crippen LogP contribution is -2.05. The van der Waals surface area contributed by atoms with Crippen LogP contribution in [-0.4, -0.2) is 5.11 Å². The number of aliphatic hydroxyl groups is 1. The summed E-state index contributed by atoms with van der Waals surface area (Å²) in [6.45, 7) is 0. The van der Waals surface area contributed by atoms with E-state index in [2.05, 4.69) is 15.9 Å². The topological polar surface area (TPSA) is 20.2 Å². The molecule has 0 aliphatic rings. The summed E-state index contributed by atoms with van der Waals surface area (Å²) in [5, 5.41) is 12.6. The maximum absolute atomic E-state index is 13.9. The average Bonchev–Trinajstić information content (AvgIpc) is 2.47. The first kappa shape index (κ1) is 14.2. The van der Waals surface area contributed by atoms with E-state index in [4.69, 9.17) is 0 Å². The molecule has 0 saturated carbocycles. The predicted octanol–water partition coefficient (Wildman–Crippen LogP) is 5.02. The highest BCUT2D eigenvalue weighted by molar-refractivity contribution is 9.10. The zero-order valence-corrected chi connectivity index (χ0v) is 12.8. The van der Waals surface area contributed by atoms with E-state index < -0.39 is 11.9 Å². The van der Waals surface area contributed by atoms with Gasteiger partial charge in [0.2, 0.25) is 0 Å². The Balaban J connectivity index is 1.91. The van der Waals surface area contributed by atoms with Gasteiger partial charge in [-0.05, 0) is 28.5 Å². The minimum Gasteiger partial charge on any atom is -0.388 e. The van der Waals surface area contributed by atoms with Gasteiger partial charge in [0, 0.05) is 16.5 Å². The fraction of sp³-hybridized carbons (Fsp3) is 0.111. The molecule has 1 atom stereocenters. The molecule has 3 heteroatoms. The highest BCUT2D eigenvalue weighted by Gasteiger charge is 2.16. The van der Waals surface area contributed by atoms with Gasteiger partial charge in [-0.1, -0.05) is 64.5 Å². The number of hydrogen-bond donors (Lipinski definition) is 1. The van der Waals surface area contributed by atoms with Gasteiger partial charge < -0.3 is 5.11 Å². The van der Waals surface area contributed by atoms with Crippen LogP contribution in [0.4, 0.5) is 4.39 Å². The number of aliphatic hydroxyl groups excluding tert-OH is 1. The molecule has 3 aromatic rings. The lowest BCUT2D eigenvalue weighted by Gasteiger charge is -2.14. The van der Waals surface area contributed by atoms with Crippen LogP contribution in [0.5, 0.6) is 0 Å². The van der Waals surface area contributed by atoms with Crippen LogP contribution in [0.25, 0.3) is 10.8 Å².